The molecule has 1 aromatic heterocycles. The smallest absolute Gasteiger partial charge is 0.273 e. The van der Waals surface area contributed by atoms with Crippen LogP contribution in [-0.2, 0) is 0 Å². The van der Waals surface area contributed by atoms with E-state index in [1.54, 1.807) is 0 Å². The molecular weight excluding hydrogens is 230 g/mol. The van der Waals surface area contributed by atoms with Crippen LogP contribution in [0.5, 0.6) is 0 Å². The van der Waals surface area contributed by atoms with Crippen molar-refractivity contribution in [3.05, 3.63) is 17.8 Å². The van der Waals surface area contributed by atoms with Crippen molar-refractivity contribution in [2.45, 2.75) is 38.5 Å². The van der Waals surface area contributed by atoms with Crippen LogP contribution in [0.4, 0.5) is 0 Å². The van der Waals surface area contributed by atoms with Crippen molar-refractivity contribution >= 4 is 5.91 Å². The Morgan fingerprint density at radius 1 is 1.56 bits per heavy atom. The summed E-state index contributed by atoms with van der Waals surface area (Å²) in [5, 5.41) is 6.14. The summed E-state index contributed by atoms with van der Waals surface area (Å²) in [6.45, 7) is 4.78. The van der Waals surface area contributed by atoms with Gasteiger partial charge in [-0.15, -0.1) is 0 Å². The van der Waals surface area contributed by atoms with E-state index in [-0.39, 0.29) is 5.91 Å². The lowest BCUT2D eigenvalue weighted by atomic mass is 9.98. The van der Waals surface area contributed by atoms with Gasteiger partial charge in [-0.1, -0.05) is 13.3 Å². The van der Waals surface area contributed by atoms with Gasteiger partial charge < -0.3 is 15.1 Å². The van der Waals surface area contributed by atoms with Crippen molar-refractivity contribution in [2.24, 2.45) is 0 Å². The number of piperidine rings is 1. The Bertz CT molecular complexity index is 383. The number of oxazole rings is 1. The second-order valence-electron chi connectivity index (χ2n) is 4.70. The molecule has 0 unspecified atom stereocenters. The largest absolute Gasteiger partial charge is 0.448 e. The van der Waals surface area contributed by atoms with Gasteiger partial charge in [0, 0.05) is 12.5 Å². The monoisotopic (exact) mass is 251 g/mol. The summed E-state index contributed by atoms with van der Waals surface area (Å²) in [4.78, 5) is 16.1. The lowest BCUT2D eigenvalue weighted by Crippen LogP contribution is -2.27. The van der Waals surface area contributed by atoms with Gasteiger partial charge in [-0.25, -0.2) is 4.98 Å². The van der Waals surface area contributed by atoms with Gasteiger partial charge in [0.15, 0.2) is 11.6 Å². The van der Waals surface area contributed by atoms with Gasteiger partial charge in [-0.2, -0.15) is 0 Å². The first kappa shape index (κ1) is 13.1. The van der Waals surface area contributed by atoms with Crippen LogP contribution in [0.3, 0.4) is 0 Å². The number of unbranched alkanes of at least 4 members (excludes halogenated alkanes) is 1. The molecule has 0 atom stereocenters. The topological polar surface area (TPSA) is 67.2 Å². The molecule has 18 heavy (non-hydrogen) atoms. The van der Waals surface area contributed by atoms with Crippen LogP contribution >= 0.6 is 0 Å². The number of carbonyl (C=O) groups excluding carboxylic acids is 1. The van der Waals surface area contributed by atoms with E-state index in [2.05, 4.69) is 22.5 Å². The first-order chi connectivity index (χ1) is 8.81. The lowest BCUT2D eigenvalue weighted by Gasteiger charge is -2.19. The average Bonchev–Trinajstić information content (AvgIpc) is 2.89. The molecule has 0 spiro atoms. The van der Waals surface area contributed by atoms with Gasteiger partial charge in [-0.3, -0.25) is 4.79 Å². The van der Waals surface area contributed by atoms with Crippen molar-refractivity contribution in [2.75, 3.05) is 19.6 Å². The Balaban J connectivity index is 1.90. The quantitative estimate of drug-likeness (QED) is 0.781. The van der Waals surface area contributed by atoms with Crippen molar-refractivity contribution in [1.82, 2.24) is 15.6 Å². The molecule has 5 nitrogen and oxygen atoms in total. The summed E-state index contributed by atoms with van der Waals surface area (Å²) in [6.07, 6.45) is 5.58. The molecule has 2 N–H and O–H groups in total. The summed E-state index contributed by atoms with van der Waals surface area (Å²) in [5.74, 6) is 0.924. The van der Waals surface area contributed by atoms with E-state index >= 15 is 0 Å². The van der Waals surface area contributed by atoms with Crippen LogP contribution < -0.4 is 10.6 Å². The fraction of sp³-hybridized carbons (Fsp3) is 0.692. The van der Waals surface area contributed by atoms with Gasteiger partial charge in [0.05, 0.1) is 0 Å². The van der Waals surface area contributed by atoms with Crippen molar-refractivity contribution in [1.29, 1.82) is 0 Å². The molecular formula is C13H21N3O2. The Morgan fingerprint density at radius 3 is 3.06 bits per heavy atom. The molecule has 0 saturated carbocycles. The zero-order valence-electron chi connectivity index (χ0n) is 10.9. The Morgan fingerprint density at radius 2 is 2.33 bits per heavy atom. The number of rotatable bonds is 5. The predicted molar refractivity (Wildman–Crippen MR) is 68.6 cm³/mol. The van der Waals surface area contributed by atoms with Crippen molar-refractivity contribution < 1.29 is 9.21 Å². The van der Waals surface area contributed by atoms with Gasteiger partial charge in [0.1, 0.15) is 6.26 Å². The summed E-state index contributed by atoms with van der Waals surface area (Å²) in [5.41, 5.74) is 0.402. The standard InChI is InChI=1S/C13H21N3O2/c1-2-3-6-15-12(17)11-9-18-13(16-11)10-4-7-14-8-5-10/h9-10,14H,2-8H2,1H3,(H,15,17). The highest BCUT2D eigenvalue weighted by atomic mass is 16.3. The minimum atomic E-state index is -0.132. The molecule has 0 aromatic carbocycles. The molecule has 2 rings (SSSR count). The van der Waals surface area contributed by atoms with E-state index in [0.29, 0.717) is 24.0 Å². The second-order valence-corrected chi connectivity index (χ2v) is 4.70. The third-order valence-corrected chi connectivity index (χ3v) is 3.26. The maximum atomic E-state index is 11.8. The average molecular weight is 251 g/mol. The lowest BCUT2D eigenvalue weighted by molar-refractivity contribution is 0.0948. The van der Waals surface area contributed by atoms with Crippen molar-refractivity contribution in [3.63, 3.8) is 0 Å². The number of carbonyl (C=O) groups is 1. The van der Waals surface area contributed by atoms with E-state index in [0.717, 1.165) is 38.8 Å². The molecule has 100 valence electrons. The van der Waals surface area contributed by atoms with Gasteiger partial charge in [0.2, 0.25) is 0 Å². The SMILES string of the molecule is CCCCNC(=O)c1coc(C2CCNCC2)n1. The fourth-order valence-corrected chi connectivity index (χ4v) is 2.12. The molecule has 1 aromatic rings. The van der Waals surface area contributed by atoms with E-state index in [9.17, 15) is 4.79 Å². The molecule has 0 bridgehead atoms. The Kier molecular flexibility index (Phi) is 4.75. The number of aromatic nitrogens is 1. The molecule has 1 aliphatic rings. The van der Waals surface area contributed by atoms with Gasteiger partial charge in [0.25, 0.3) is 5.91 Å². The van der Waals surface area contributed by atoms with E-state index < -0.39 is 0 Å². The molecule has 0 radical (unpaired) electrons. The van der Waals surface area contributed by atoms with Crippen molar-refractivity contribution in [3.8, 4) is 0 Å². The molecule has 1 amide bonds. The highest BCUT2D eigenvalue weighted by molar-refractivity contribution is 5.91. The van der Waals surface area contributed by atoms with E-state index in [1.165, 1.54) is 6.26 Å². The zero-order chi connectivity index (χ0) is 12.8. The fourth-order valence-electron chi connectivity index (χ4n) is 2.12. The van der Waals surface area contributed by atoms with E-state index in [4.69, 9.17) is 4.42 Å². The van der Waals surface area contributed by atoms with E-state index in [1.807, 2.05) is 0 Å². The molecule has 2 heterocycles. The number of nitrogens with zero attached hydrogens (tertiary/aromatic N) is 1. The number of hydrogen-bond acceptors (Lipinski definition) is 4. The Hall–Kier alpha value is -1.36. The van der Waals surface area contributed by atoms with Gasteiger partial charge in [-0.05, 0) is 32.4 Å². The maximum absolute atomic E-state index is 11.8. The highest BCUT2D eigenvalue weighted by Gasteiger charge is 2.21. The number of amides is 1. The molecule has 0 aliphatic carbocycles. The first-order valence-corrected chi connectivity index (χ1v) is 6.75. The molecule has 1 saturated heterocycles. The minimum Gasteiger partial charge on any atom is -0.448 e. The third-order valence-electron chi connectivity index (χ3n) is 3.26. The van der Waals surface area contributed by atoms with Crippen LogP contribution in [0, 0.1) is 0 Å². The normalized spacial score (nSPS) is 16.7. The third kappa shape index (κ3) is 3.32. The van der Waals surface area contributed by atoms with Crippen LogP contribution in [0.2, 0.25) is 0 Å². The van der Waals surface area contributed by atoms with Gasteiger partial charge >= 0.3 is 0 Å². The maximum Gasteiger partial charge on any atom is 0.273 e. The second kappa shape index (κ2) is 6.54. The van der Waals surface area contributed by atoms with Crippen LogP contribution in [0.1, 0.15) is 54.9 Å². The zero-order valence-corrected chi connectivity index (χ0v) is 10.9. The number of hydrogen-bond donors (Lipinski definition) is 2. The highest BCUT2D eigenvalue weighted by Crippen LogP contribution is 2.24. The molecule has 1 fully saturated rings. The molecule has 5 heteroatoms. The minimum absolute atomic E-state index is 0.132. The predicted octanol–water partition coefficient (Wildman–Crippen LogP) is 1.67. The Labute approximate surface area is 107 Å². The summed E-state index contributed by atoms with van der Waals surface area (Å²) < 4.78 is 5.43. The molecule has 1 aliphatic heterocycles. The summed E-state index contributed by atoms with van der Waals surface area (Å²) in [6, 6.07) is 0. The summed E-state index contributed by atoms with van der Waals surface area (Å²) >= 11 is 0. The van der Waals surface area contributed by atoms with Crippen LogP contribution in [-0.4, -0.2) is 30.5 Å². The van der Waals surface area contributed by atoms with Crippen LogP contribution in [0.25, 0.3) is 0 Å². The first-order valence-electron chi connectivity index (χ1n) is 6.75. The van der Waals surface area contributed by atoms with Crippen LogP contribution in [0.15, 0.2) is 10.7 Å². The summed E-state index contributed by atoms with van der Waals surface area (Å²) in [7, 11) is 0. The number of nitrogens with one attached hydrogen (secondary N) is 2.